The maximum atomic E-state index is 12.9. The van der Waals surface area contributed by atoms with Gasteiger partial charge in [-0.1, -0.05) is 69.2 Å². The second kappa shape index (κ2) is 16.0. The minimum absolute atomic E-state index is 0.117. The Morgan fingerprint density at radius 3 is 2.29 bits per heavy atom. The number of hydrogen-bond donors (Lipinski definition) is 4. The Kier molecular flexibility index (Phi) is 12.2. The van der Waals surface area contributed by atoms with Gasteiger partial charge in [0.1, 0.15) is 11.9 Å². The first kappa shape index (κ1) is 32.0. The molecule has 3 rings (SSSR count). The third-order valence-corrected chi connectivity index (χ3v) is 6.72. The van der Waals surface area contributed by atoms with Gasteiger partial charge < -0.3 is 10.4 Å². The van der Waals surface area contributed by atoms with Crippen molar-refractivity contribution in [2.24, 2.45) is 0 Å². The molecular weight excluding hydrogens is 536 g/mol. The van der Waals surface area contributed by atoms with Crippen molar-refractivity contribution in [2.75, 3.05) is 0 Å². The zero-order valence-electron chi connectivity index (χ0n) is 24.5. The number of amides is 3. The van der Waals surface area contributed by atoms with E-state index in [4.69, 9.17) is 10.1 Å². The number of nitrogens with zero attached hydrogens (tertiary/aromatic N) is 3. The van der Waals surface area contributed by atoms with Crippen LogP contribution in [0.15, 0.2) is 48.5 Å². The number of carbonyl (C=O) groups is 4. The third-order valence-electron chi connectivity index (χ3n) is 6.72. The molecule has 2 aromatic carbocycles. The van der Waals surface area contributed by atoms with E-state index in [0.717, 1.165) is 61.3 Å². The van der Waals surface area contributed by atoms with Gasteiger partial charge in [0.2, 0.25) is 11.8 Å². The lowest BCUT2D eigenvalue weighted by atomic mass is 9.98. The summed E-state index contributed by atoms with van der Waals surface area (Å²) in [6.07, 6.45) is 5.76. The van der Waals surface area contributed by atoms with Crippen molar-refractivity contribution >= 4 is 23.7 Å². The predicted molar refractivity (Wildman–Crippen MR) is 158 cm³/mol. The number of nitrogens with one attached hydrogen (secondary N) is 3. The molecular formula is C31H40N6O5. The highest BCUT2D eigenvalue weighted by Gasteiger charge is 2.20. The number of rotatable bonds is 15. The van der Waals surface area contributed by atoms with Crippen molar-refractivity contribution < 1.29 is 24.3 Å². The Balaban J connectivity index is 1.65. The average Bonchev–Trinajstić information content (AvgIpc) is 3.36. The van der Waals surface area contributed by atoms with Crippen LogP contribution in [0, 0.1) is 0 Å². The molecule has 1 aromatic heterocycles. The summed E-state index contributed by atoms with van der Waals surface area (Å²) in [5.74, 6) is -0.941. The number of aryl methyl sites for hydroxylation is 2. The smallest absolute Gasteiger partial charge is 0.326 e. The molecule has 0 aliphatic rings. The SMILES string of the molecule is CCCCc1nc(CCCC)n(Cc2ccc(-c3ccccc3C(=O)NNC(=O)CCC(NC(C)=O)C(=O)O)cc2)n1. The highest BCUT2D eigenvalue weighted by atomic mass is 16.4. The largest absolute Gasteiger partial charge is 0.480 e. The average molecular weight is 577 g/mol. The minimum atomic E-state index is -1.24. The Hall–Kier alpha value is -4.54. The van der Waals surface area contributed by atoms with Crippen LogP contribution in [-0.4, -0.2) is 49.6 Å². The van der Waals surface area contributed by atoms with Gasteiger partial charge in [-0.05, 0) is 42.0 Å². The van der Waals surface area contributed by atoms with Crippen molar-refractivity contribution in [3.05, 3.63) is 71.3 Å². The molecule has 0 spiro atoms. The number of hydrazine groups is 1. The molecule has 3 aromatic rings. The molecule has 1 atom stereocenters. The molecule has 1 heterocycles. The van der Waals surface area contributed by atoms with Gasteiger partial charge in [-0.25, -0.2) is 14.5 Å². The summed E-state index contributed by atoms with van der Waals surface area (Å²) < 4.78 is 1.99. The molecule has 3 amide bonds. The van der Waals surface area contributed by atoms with Crippen molar-refractivity contribution in [1.82, 2.24) is 30.9 Å². The van der Waals surface area contributed by atoms with Crippen LogP contribution in [-0.2, 0) is 33.8 Å². The number of carbonyl (C=O) groups excluding carboxylic acids is 3. The van der Waals surface area contributed by atoms with E-state index in [1.807, 2.05) is 41.1 Å². The van der Waals surface area contributed by atoms with E-state index >= 15 is 0 Å². The van der Waals surface area contributed by atoms with E-state index in [2.05, 4.69) is 30.0 Å². The van der Waals surface area contributed by atoms with Gasteiger partial charge in [-0.15, -0.1) is 0 Å². The molecule has 11 nitrogen and oxygen atoms in total. The summed E-state index contributed by atoms with van der Waals surface area (Å²) in [4.78, 5) is 52.4. The van der Waals surface area contributed by atoms with Crippen molar-refractivity contribution in [1.29, 1.82) is 0 Å². The number of unbranched alkanes of at least 4 members (excludes halogenated alkanes) is 2. The summed E-state index contributed by atoms with van der Waals surface area (Å²) >= 11 is 0. The zero-order chi connectivity index (χ0) is 30.5. The third kappa shape index (κ3) is 9.53. The zero-order valence-corrected chi connectivity index (χ0v) is 24.5. The normalized spacial score (nSPS) is 11.5. The molecule has 0 bridgehead atoms. The molecule has 11 heteroatoms. The van der Waals surface area contributed by atoms with Crippen LogP contribution in [0.1, 0.15) is 86.9 Å². The number of carboxylic acids is 1. The van der Waals surface area contributed by atoms with Crippen molar-refractivity contribution in [3.8, 4) is 11.1 Å². The molecule has 42 heavy (non-hydrogen) atoms. The van der Waals surface area contributed by atoms with E-state index in [1.54, 1.807) is 12.1 Å². The number of hydrogen-bond acceptors (Lipinski definition) is 6. The van der Waals surface area contributed by atoms with Gasteiger partial charge >= 0.3 is 5.97 Å². The fourth-order valence-corrected chi connectivity index (χ4v) is 4.44. The Morgan fingerprint density at radius 2 is 1.62 bits per heavy atom. The first-order valence-electron chi connectivity index (χ1n) is 14.4. The molecule has 4 N–H and O–H groups in total. The van der Waals surface area contributed by atoms with Crippen LogP contribution in [0.3, 0.4) is 0 Å². The predicted octanol–water partition coefficient (Wildman–Crippen LogP) is 3.81. The highest BCUT2D eigenvalue weighted by Crippen LogP contribution is 2.24. The monoisotopic (exact) mass is 576 g/mol. The molecule has 0 saturated carbocycles. The number of aromatic nitrogens is 3. The molecule has 0 saturated heterocycles. The molecule has 224 valence electrons. The van der Waals surface area contributed by atoms with Gasteiger partial charge in [-0.2, -0.15) is 5.10 Å². The fraction of sp³-hybridized carbons (Fsp3) is 0.419. The molecule has 1 unspecified atom stereocenters. The lowest BCUT2D eigenvalue weighted by Gasteiger charge is -2.14. The van der Waals surface area contributed by atoms with Gasteiger partial charge in [-0.3, -0.25) is 25.2 Å². The van der Waals surface area contributed by atoms with Crippen LogP contribution < -0.4 is 16.2 Å². The quantitative estimate of drug-likeness (QED) is 0.201. The number of carboxylic acid groups (broad SMARTS) is 1. The standard InChI is InChI=1S/C31H40N6O5/c1-4-6-12-27-33-28(13-7-5-2)37(36-27)20-22-14-16-23(17-15-22)24-10-8-9-11-25(24)30(40)35-34-29(39)19-18-26(31(41)42)32-21(3)38/h8-11,14-17,26H,4-7,12-13,18-20H2,1-3H3,(H,32,38)(H,34,39)(H,35,40)(H,41,42). The van der Waals surface area contributed by atoms with Gasteiger partial charge in [0.25, 0.3) is 5.91 Å². The van der Waals surface area contributed by atoms with Crippen LogP contribution in [0.5, 0.6) is 0 Å². The van der Waals surface area contributed by atoms with Gasteiger partial charge in [0, 0.05) is 31.7 Å². The van der Waals surface area contributed by atoms with E-state index in [0.29, 0.717) is 17.7 Å². The number of benzene rings is 2. The number of aliphatic carboxylic acids is 1. The Labute approximate surface area is 246 Å². The molecule has 0 aliphatic heterocycles. The molecule has 0 fully saturated rings. The fourth-order valence-electron chi connectivity index (χ4n) is 4.44. The molecule has 0 radical (unpaired) electrons. The summed E-state index contributed by atoms with van der Waals surface area (Å²) in [6, 6.07) is 13.8. The lowest BCUT2D eigenvalue weighted by molar-refractivity contribution is -0.141. The highest BCUT2D eigenvalue weighted by molar-refractivity contribution is 6.01. The first-order chi connectivity index (χ1) is 20.2. The van der Waals surface area contributed by atoms with E-state index < -0.39 is 29.7 Å². The Morgan fingerprint density at radius 1 is 0.929 bits per heavy atom. The summed E-state index contributed by atoms with van der Waals surface area (Å²) in [7, 11) is 0. The minimum Gasteiger partial charge on any atom is -0.480 e. The topological polar surface area (TPSA) is 155 Å². The summed E-state index contributed by atoms with van der Waals surface area (Å²) in [5.41, 5.74) is 7.68. The van der Waals surface area contributed by atoms with Crippen LogP contribution in [0.25, 0.3) is 11.1 Å². The maximum Gasteiger partial charge on any atom is 0.326 e. The van der Waals surface area contributed by atoms with Crippen molar-refractivity contribution in [2.45, 2.75) is 84.7 Å². The van der Waals surface area contributed by atoms with Crippen LogP contribution >= 0.6 is 0 Å². The second-order valence-corrected chi connectivity index (χ2v) is 10.2. The summed E-state index contributed by atoms with van der Waals surface area (Å²) in [5, 5.41) is 16.2. The Bertz CT molecular complexity index is 1370. The summed E-state index contributed by atoms with van der Waals surface area (Å²) in [6.45, 7) is 6.13. The van der Waals surface area contributed by atoms with Gasteiger partial charge in [0.15, 0.2) is 5.82 Å². The van der Waals surface area contributed by atoms with Crippen LogP contribution in [0.4, 0.5) is 0 Å². The van der Waals surface area contributed by atoms with E-state index in [9.17, 15) is 24.3 Å². The first-order valence-corrected chi connectivity index (χ1v) is 14.4. The second-order valence-electron chi connectivity index (χ2n) is 10.2. The van der Waals surface area contributed by atoms with Crippen molar-refractivity contribution in [3.63, 3.8) is 0 Å². The van der Waals surface area contributed by atoms with Crippen LogP contribution in [0.2, 0.25) is 0 Å². The molecule has 0 aliphatic carbocycles. The lowest BCUT2D eigenvalue weighted by Crippen LogP contribution is -2.44. The van der Waals surface area contributed by atoms with Gasteiger partial charge in [0.05, 0.1) is 6.54 Å². The van der Waals surface area contributed by atoms with E-state index in [-0.39, 0.29) is 12.8 Å². The maximum absolute atomic E-state index is 12.9. The van der Waals surface area contributed by atoms with E-state index in [1.165, 1.54) is 6.92 Å².